The molecule has 0 saturated heterocycles. The summed E-state index contributed by atoms with van der Waals surface area (Å²) in [4.78, 5) is 0. The topological polar surface area (TPSA) is 21.3 Å². The fourth-order valence-corrected chi connectivity index (χ4v) is 2.40. The normalized spacial score (nSPS) is 12.1. The Kier molecular flexibility index (Phi) is 4.04. The van der Waals surface area contributed by atoms with Gasteiger partial charge in [-0.1, -0.05) is 19.1 Å². The van der Waals surface area contributed by atoms with Gasteiger partial charge in [0.15, 0.2) is 0 Å². The molecule has 90 valence electrons. The second kappa shape index (κ2) is 5.73. The largest absolute Gasteiger partial charge is 0.497 e. The number of rotatable bonds is 5. The number of methoxy groups -OCH3 is 1. The van der Waals surface area contributed by atoms with Crippen LogP contribution < -0.4 is 10.1 Å². The smallest absolute Gasteiger partial charge is 0.118 e. The summed E-state index contributed by atoms with van der Waals surface area (Å²) in [7, 11) is 1.69. The van der Waals surface area contributed by atoms with Crippen LogP contribution in [0.2, 0.25) is 0 Å². The predicted octanol–water partition coefficient (Wildman–Crippen LogP) is 4.32. The molecule has 2 rings (SSSR count). The van der Waals surface area contributed by atoms with Gasteiger partial charge in [-0.3, -0.25) is 0 Å². The molecule has 17 heavy (non-hydrogen) atoms. The first-order chi connectivity index (χ1) is 8.33. The van der Waals surface area contributed by atoms with Crippen LogP contribution in [0.3, 0.4) is 0 Å². The molecular weight excluding hydrogens is 230 g/mol. The Labute approximate surface area is 106 Å². The van der Waals surface area contributed by atoms with Crippen LogP contribution in [0.5, 0.6) is 5.75 Å². The molecule has 0 amide bonds. The molecule has 2 aromatic rings. The zero-order chi connectivity index (χ0) is 12.1. The molecule has 0 aliphatic carbocycles. The Morgan fingerprint density at radius 1 is 1.24 bits per heavy atom. The van der Waals surface area contributed by atoms with Crippen LogP contribution in [0.25, 0.3) is 0 Å². The molecule has 0 saturated carbocycles. The Morgan fingerprint density at radius 2 is 2.00 bits per heavy atom. The summed E-state index contributed by atoms with van der Waals surface area (Å²) in [6.07, 6.45) is 1.06. The van der Waals surface area contributed by atoms with Gasteiger partial charge in [-0.05, 0) is 35.6 Å². The SMILES string of the molecule is CCC(Nc1ccsc1)c1ccc(OC)cc1. The number of nitrogens with one attached hydrogen (secondary N) is 1. The summed E-state index contributed by atoms with van der Waals surface area (Å²) in [5.41, 5.74) is 2.48. The van der Waals surface area contributed by atoms with Crippen molar-refractivity contribution in [2.24, 2.45) is 0 Å². The zero-order valence-electron chi connectivity index (χ0n) is 10.1. The first kappa shape index (κ1) is 12.0. The maximum atomic E-state index is 5.17. The van der Waals surface area contributed by atoms with E-state index >= 15 is 0 Å². The van der Waals surface area contributed by atoms with Crippen molar-refractivity contribution in [3.8, 4) is 5.75 Å². The summed E-state index contributed by atoms with van der Waals surface area (Å²) < 4.78 is 5.17. The molecule has 0 spiro atoms. The molecule has 0 bridgehead atoms. The summed E-state index contributed by atoms with van der Waals surface area (Å²) >= 11 is 1.71. The summed E-state index contributed by atoms with van der Waals surface area (Å²) in [5.74, 6) is 0.902. The number of thiophene rings is 1. The van der Waals surface area contributed by atoms with Crippen LogP contribution >= 0.6 is 11.3 Å². The second-order valence-electron chi connectivity index (χ2n) is 3.89. The van der Waals surface area contributed by atoms with Crippen LogP contribution in [-0.2, 0) is 0 Å². The monoisotopic (exact) mass is 247 g/mol. The van der Waals surface area contributed by atoms with E-state index in [-0.39, 0.29) is 0 Å². The van der Waals surface area contributed by atoms with Gasteiger partial charge >= 0.3 is 0 Å². The summed E-state index contributed by atoms with van der Waals surface area (Å²) in [5, 5.41) is 7.75. The Balaban J connectivity index is 2.11. The van der Waals surface area contributed by atoms with Gasteiger partial charge in [0, 0.05) is 11.1 Å². The van der Waals surface area contributed by atoms with Gasteiger partial charge < -0.3 is 10.1 Å². The maximum absolute atomic E-state index is 5.17. The number of ether oxygens (including phenoxy) is 1. The van der Waals surface area contributed by atoms with E-state index in [4.69, 9.17) is 4.74 Å². The van der Waals surface area contributed by atoms with E-state index in [1.54, 1.807) is 18.4 Å². The molecule has 1 heterocycles. The predicted molar refractivity (Wildman–Crippen MR) is 74.0 cm³/mol. The molecule has 1 aromatic heterocycles. The first-order valence-electron chi connectivity index (χ1n) is 5.76. The van der Waals surface area contributed by atoms with Crippen LogP contribution in [-0.4, -0.2) is 7.11 Å². The first-order valence-corrected chi connectivity index (χ1v) is 6.70. The standard InChI is InChI=1S/C14H17NOS/c1-3-14(15-12-8-9-17-10-12)11-4-6-13(16-2)7-5-11/h4-10,14-15H,3H2,1-2H3. The lowest BCUT2D eigenvalue weighted by Crippen LogP contribution is -2.08. The van der Waals surface area contributed by atoms with Gasteiger partial charge in [0.2, 0.25) is 0 Å². The van der Waals surface area contributed by atoms with Crippen molar-refractivity contribution in [1.29, 1.82) is 0 Å². The highest BCUT2D eigenvalue weighted by Crippen LogP contribution is 2.25. The number of hydrogen-bond donors (Lipinski definition) is 1. The fourth-order valence-electron chi connectivity index (χ4n) is 1.81. The van der Waals surface area contributed by atoms with Crippen molar-refractivity contribution in [2.45, 2.75) is 19.4 Å². The molecule has 0 radical (unpaired) electrons. The van der Waals surface area contributed by atoms with Crippen LogP contribution in [0.1, 0.15) is 24.9 Å². The van der Waals surface area contributed by atoms with Gasteiger partial charge in [-0.25, -0.2) is 0 Å². The molecule has 1 aromatic carbocycles. The fraction of sp³-hybridized carbons (Fsp3) is 0.286. The molecule has 3 heteroatoms. The Morgan fingerprint density at radius 3 is 2.53 bits per heavy atom. The van der Waals surface area contributed by atoms with Crippen LogP contribution in [0, 0.1) is 0 Å². The highest BCUT2D eigenvalue weighted by Gasteiger charge is 2.09. The minimum absolute atomic E-state index is 0.357. The third-order valence-corrected chi connectivity index (χ3v) is 3.47. The molecule has 1 atom stereocenters. The third kappa shape index (κ3) is 3.01. The molecule has 0 aliphatic heterocycles. The minimum Gasteiger partial charge on any atom is -0.497 e. The van der Waals surface area contributed by atoms with Crippen LogP contribution in [0.15, 0.2) is 41.1 Å². The molecule has 2 nitrogen and oxygen atoms in total. The van der Waals surface area contributed by atoms with Crippen molar-refractivity contribution in [3.05, 3.63) is 46.7 Å². The van der Waals surface area contributed by atoms with E-state index in [9.17, 15) is 0 Å². The van der Waals surface area contributed by atoms with E-state index in [1.165, 1.54) is 11.3 Å². The van der Waals surface area contributed by atoms with Crippen molar-refractivity contribution in [3.63, 3.8) is 0 Å². The lowest BCUT2D eigenvalue weighted by Gasteiger charge is -2.18. The van der Waals surface area contributed by atoms with E-state index in [0.717, 1.165) is 12.2 Å². The van der Waals surface area contributed by atoms with Gasteiger partial charge in [0.05, 0.1) is 13.2 Å². The number of hydrogen-bond acceptors (Lipinski definition) is 3. The van der Waals surface area contributed by atoms with Crippen molar-refractivity contribution >= 4 is 17.0 Å². The maximum Gasteiger partial charge on any atom is 0.118 e. The second-order valence-corrected chi connectivity index (χ2v) is 4.67. The molecule has 1 N–H and O–H groups in total. The lowest BCUT2D eigenvalue weighted by atomic mass is 10.0. The summed E-state index contributed by atoms with van der Waals surface area (Å²) in [6.45, 7) is 2.19. The Hall–Kier alpha value is -1.48. The van der Waals surface area contributed by atoms with Gasteiger partial charge in [0.25, 0.3) is 0 Å². The van der Waals surface area contributed by atoms with Gasteiger partial charge in [0.1, 0.15) is 5.75 Å². The lowest BCUT2D eigenvalue weighted by molar-refractivity contribution is 0.414. The average molecular weight is 247 g/mol. The quantitative estimate of drug-likeness (QED) is 0.849. The van der Waals surface area contributed by atoms with E-state index < -0.39 is 0 Å². The average Bonchev–Trinajstić information content (AvgIpc) is 2.89. The Bertz CT molecular complexity index is 436. The van der Waals surface area contributed by atoms with E-state index in [0.29, 0.717) is 6.04 Å². The van der Waals surface area contributed by atoms with E-state index in [1.807, 2.05) is 12.1 Å². The van der Waals surface area contributed by atoms with Crippen molar-refractivity contribution in [1.82, 2.24) is 0 Å². The minimum atomic E-state index is 0.357. The van der Waals surface area contributed by atoms with Crippen LogP contribution in [0.4, 0.5) is 5.69 Å². The highest BCUT2D eigenvalue weighted by molar-refractivity contribution is 7.08. The molecule has 1 unspecified atom stereocenters. The van der Waals surface area contributed by atoms with Gasteiger partial charge in [-0.15, -0.1) is 0 Å². The molecular formula is C14H17NOS. The zero-order valence-corrected chi connectivity index (χ0v) is 11.0. The molecule has 0 aliphatic rings. The summed E-state index contributed by atoms with van der Waals surface area (Å²) in [6, 6.07) is 10.7. The van der Waals surface area contributed by atoms with Gasteiger partial charge in [-0.2, -0.15) is 11.3 Å². The van der Waals surface area contributed by atoms with Crippen molar-refractivity contribution in [2.75, 3.05) is 12.4 Å². The molecule has 0 fully saturated rings. The number of benzene rings is 1. The van der Waals surface area contributed by atoms with E-state index in [2.05, 4.69) is 41.2 Å². The number of anilines is 1. The third-order valence-electron chi connectivity index (χ3n) is 2.79. The van der Waals surface area contributed by atoms with Crippen molar-refractivity contribution < 1.29 is 4.74 Å². The highest BCUT2D eigenvalue weighted by atomic mass is 32.1.